The third-order valence-corrected chi connectivity index (χ3v) is 5.88. The molecular formula is C25H23Cl2N3O. The highest BCUT2D eigenvalue weighted by Gasteiger charge is 2.10. The molecule has 158 valence electrons. The standard InChI is InChI=1S/C25H23Cl2N3O/c26-21-12-11-19(15-22(21)27)30(17-18-7-2-1-3-8-18)14-6-13-28-25-16-24(31)20-9-4-5-10-23(20)29-25/h1-5,7-12,15-16H,6,13-14,17H2,(H2,28,29,31). The third-order valence-electron chi connectivity index (χ3n) is 5.14. The molecule has 4 aromatic rings. The first-order valence-corrected chi connectivity index (χ1v) is 11.0. The molecule has 0 unspecified atom stereocenters. The lowest BCUT2D eigenvalue weighted by Crippen LogP contribution is -2.25. The highest BCUT2D eigenvalue weighted by molar-refractivity contribution is 6.42. The van der Waals surface area contributed by atoms with Gasteiger partial charge in [0.1, 0.15) is 5.82 Å². The van der Waals surface area contributed by atoms with Crippen molar-refractivity contribution in [3.8, 4) is 0 Å². The van der Waals surface area contributed by atoms with E-state index in [1.807, 2.05) is 60.7 Å². The summed E-state index contributed by atoms with van der Waals surface area (Å²) in [5.74, 6) is 0.729. The Morgan fingerprint density at radius 3 is 2.45 bits per heavy atom. The third kappa shape index (κ3) is 5.40. The molecule has 4 rings (SSSR count). The van der Waals surface area contributed by atoms with E-state index < -0.39 is 0 Å². The predicted molar refractivity (Wildman–Crippen MR) is 132 cm³/mol. The van der Waals surface area contributed by atoms with Crippen LogP contribution in [0.3, 0.4) is 0 Å². The summed E-state index contributed by atoms with van der Waals surface area (Å²) in [4.78, 5) is 17.9. The normalized spacial score (nSPS) is 10.9. The molecule has 0 fully saturated rings. The Morgan fingerprint density at radius 2 is 1.65 bits per heavy atom. The van der Waals surface area contributed by atoms with Gasteiger partial charge >= 0.3 is 0 Å². The highest BCUT2D eigenvalue weighted by atomic mass is 35.5. The van der Waals surface area contributed by atoms with Gasteiger partial charge in [-0.1, -0.05) is 65.7 Å². The molecule has 0 aliphatic carbocycles. The largest absolute Gasteiger partial charge is 0.371 e. The van der Waals surface area contributed by atoms with Gasteiger partial charge in [0, 0.05) is 36.8 Å². The SMILES string of the molecule is O=c1cc(NCCCN(Cc2ccccc2)c2ccc(Cl)c(Cl)c2)[nH]c2ccccc12. The van der Waals surface area contributed by atoms with Crippen LogP contribution in [0.15, 0.2) is 83.7 Å². The van der Waals surface area contributed by atoms with Crippen molar-refractivity contribution in [3.05, 3.63) is 105 Å². The van der Waals surface area contributed by atoms with Gasteiger partial charge < -0.3 is 15.2 Å². The van der Waals surface area contributed by atoms with E-state index in [0.717, 1.165) is 43.1 Å². The van der Waals surface area contributed by atoms with Crippen molar-refractivity contribution in [2.24, 2.45) is 0 Å². The summed E-state index contributed by atoms with van der Waals surface area (Å²) in [6.07, 6.45) is 0.877. The summed E-state index contributed by atoms with van der Waals surface area (Å²) in [6.45, 7) is 2.31. The maximum atomic E-state index is 12.3. The molecule has 0 saturated heterocycles. The topological polar surface area (TPSA) is 48.1 Å². The van der Waals surface area contributed by atoms with Crippen molar-refractivity contribution in [2.75, 3.05) is 23.3 Å². The van der Waals surface area contributed by atoms with E-state index in [1.54, 1.807) is 6.07 Å². The minimum Gasteiger partial charge on any atom is -0.371 e. The molecule has 0 atom stereocenters. The number of aromatic nitrogens is 1. The van der Waals surface area contributed by atoms with Crippen LogP contribution in [0, 0.1) is 0 Å². The number of para-hydroxylation sites is 1. The zero-order valence-electron chi connectivity index (χ0n) is 16.9. The second-order valence-electron chi connectivity index (χ2n) is 7.38. The Morgan fingerprint density at radius 1 is 0.871 bits per heavy atom. The molecule has 31 heavy (non-hydrogen) atoms. The zero-order chi connectivity index (χ0) is 21.6. The lowest BCUT2D eigenvalue weighted by molar-refractivity contribution is 0.747. The monoisotopic (exact) mass is 451 g/mol. The fourth-order valence-electron chi connectivity index (χ4n) is 3.57. The van der Waals surface area contributed by atoms with Crippen LogP contribution >= 0.6 is 23.2 Å². The van der Waals surface area contributed by atoms with Gasteiger partial charge in [0.2, 0.25) is 0 Å². The number of rotatable bonds is 8. The fraction of sp³-hybridized carbons (Fsp3) is 0.160. The molecule has 0 saturated carbocycles. The van der Waals surface area contributed by atoms with Crippen LogP contribution in [-0.2, 0) is 6.54 Å². The number of fused-ring (bicyclic) bond motifs is 1. The van der Waals surface area contributed by atoms with Gasteiger partial charge in [-0.05, 0) is 42.3 Å². The molecule has 0 radical (unpaired) electrons. The van der Waals surface area contributed by atoms with Crippen molar-refractivity contribution < 1.29 is 0 Å². The van der Waals surface area contributed by atoms with Gasteiger partial charge in [-0.3, -0.25) is 4.79 Å². The Kier molecular flexibility index (Phi) is 6.80. The molecule has 1 aromatic heterocycles. The van der Waals surface area contributed by atoms with Crippen molar-refractivity contribution in [1.29, 1.82) is 0 Å². The number of nitrogens with one attached hydrogen (secondary N) is 2. The number of pyridine rings is 1. The maximum Gasteiger partial charge on any atom is 0.191 e. The molecule has 0 spiro atoms. The minimum atomic E-state index is 0.0124. The molecule has 0 bridgehead atoms. The first kappa shape index (κ1) is 21.3. The number of benzene rings is 3. The summed E-state index contributed by atoms with van der Waals surface area (Å²) in [7, 11) is 0. The number of halogens is 2. The summed E-state index contributed by atoms with van der Waals surface area (Å²) in [5.41, 5.74) is 3.09. The Bertz CT molecular complexity index is 1220. The number of hydrogen-bond acceptors (Lipinski definition) is 3. The van der Waals surface area contributed by atoms with E-state index in [9.17, 15) is 4.79 Å². The Hall–Kier alpha value is -2.95. The van der Waals surface area contributed by atoms with Gasteiger partial charge in [-0.2, -0.15) is 0 Å². The van der Waals surface area contributed by atoms with Crippen molar-refractivity contribution >= 4 is 45.6 Å². The van der Waals surface area contributed by atoms with E-state index in [2.05, 4.69) is 27.3 Å². The van der Waals surface area contributed by atoms with Crippen LogP contribution in [0.2, 0.25) is 10.0 Å². The van der Waals surface area contributed by atoms with Gasteiger partial charge in [0.05, 0.1) is 15.6 Å². The average Bonchev–Trinajstić information content (AvgIpc) is 2.78. The smallest absolute Gasteiger partial charge is 0.191 e. The van der Waals surface area contributed by atoms with E-state index in [4.69, 9.17) is 23.2 Å². The van der Waals surface area contributed by atoms with E-state index in [0.29, 0.717) is 15.4 Å². The molecule has 4 nitrogen and oxygen atoms in total. The average molecular weight is 452 g/mol. The fourth-order valence-corrected chi connectivity index (χ4v) is 3.86. The summed E-state index contributed by atoms with van der Waals surface area (Å²) >= 11 is 12.4. The molecule has 6 heteroatoms. The predicted octanol–water partition coefficient (Wildman–Crippen LogP) is 6.34. The lowest BCUT2D eigenvalue weighted by atomic mass is 10.2. The van der Waals surface area contributed by atoms with Crippen molar-refractivity contribution in [2.45, 2.75) is 13.0 Å². The molecule has 0 amide bonds. The second kappa shape index (κ2) is 9.90. The van der Waals surface area contributed by atoms with Crippen LogP contribution in [0.4, 0.5) is 11.5 Å². The van der Waals surface area contributed by atoms with Crippen LogP contribution in [0.25, 0.3) is 10.9 Å². The molecular weight excluding hydrogens is 429 g/mol. The summed E-state index contributed by atoms with van der Waals surface area (Å²) < 4.78 is 0. The summed E-state index contributed by atoms with van der Waals surface area (Å²) in [6, 6.07) is 25.2. The Balaban J connectivity index is 1.43. The van der Waals surface area contributed by atoms with Gasteiger partial charge in [0.25, 0.3) is 0 Å². The van der Waals surface area contributed by atoms with Gasteiger partial charge in [-0.25, -0.2) is 0 Å². The molecule has 0 aliphatic heterocycles. The molecule has 2 N–H and O–H groups in total. The second-order valence-corrected chi connectivity index (χ2v) is 8.19. The van der Waals surface area contributed by atoms with Crippen LogP contribution in [-0.4, -0.2) is 18.1 Å². The van der Waals surface area contributed by atoms with Crippen LogP contribution in [0.5, 0.6) is 0 Å². The summed E-state index contributed by atoms with van der Waals surface area (Å²) in [5, 5.41) is 5.13. The number of aromatic amines is 1. The number of hydrogen-bond donors (Lipinski definition) is 2. The number of H-pyrrole nitrogens is 1. The first-order valence-electron chi connectivity index (χ1n) is 10.2. The van der Waals surface area contributed by atoms with Crippen LogP contribution in [0.1, 0.15) is 12.0 Å². The molecule has 0 aliphatic rings. The van der Waals surface area contributed by atoms with Crippen molar-refractivity contribution in [3.63, 3.8) is 0 Å². The van der Waals surface area contributed by atoms with E-state index in [-0.39, 0.29) is 5.43 Å². The zero-order valence-corrected chi connectivity index (χ0v) is 18.5. The van der Waals surface area contributed by atoms with Gasteiger partial charge in [0.15, 0.2) is 5.43 Å². The van der Waals surface area contributed by atoms with Gasteiger partial charge in [-0.15, -0.1) is 0 Å². The van der Waals surface area contributed by atoms with E-state index in [1.165, 1.54) is 5.56 Å². The Labute approximate surface area is 191 Å². The van der Waals surface area contributed by atoms with E-state index >= 15 is 0 Å². The van der Waals surface area contributed by atoms with Crippen LogP contribution < -0.4 is 15.6 Å². The highest BCUT2D eigenvalue weighted by Crippen LogP contribution is 2.28. The number of anilines is 2. The van der Waals surface area contributed by atoms with Crippen molar-refractivity contribution in [1.82, 2.24) is 4.98 Å². The first-order chi connectivity index (χ1) is 15.1. The lowest BCUT2D eigenvalue weighted by Gasteiger charge is -2.25. The maximum absolute atomic E-state index is 12.3. The molecule has 3 aromatic carbocycles. The quantitative estimate of drug-likeness (QED) is 0.307. The minimum absolute atomic E-state index is 0.0124. The molecule has 1 heterocycles. The number of nitrogens with zero attached hydrogens (tertiary/aromatic N) is 1.